The molecule has 2 rings (SSSR count). The zero-order chi connectivity index (χ0) is 13.1. The number of aryl methyl sites for hydroxylation is 2. The molecule has 2 aromatic rings. The molecule has 0 saturated heterocycles. The first-order chi connectivity index (χ1) is 8.63. The van der Waals surface area contributed by atoms with Crippen molar-refractivity contribution < 1.29 is 4.79 Å². The van der Waals surface area contributed by atoms with Gasteiger partial charge in [-0.1, -0.05) is 13.0 Å². The highest BCUT2D eigenvalue weighted by molar-refractivity contribution is 5.96. The van der Waals surface area contributed by atoms with Crippen molar-refractivity contribution in [1.29, 1.82) is 0 Å². The van der Waals surface area contributed by atoms with E-state index in [9.17, 15) is 4.79 Å². The molecule has 0 saturated carbocycles. The van der Waals surface area contributed by atoms with Crippen LogP contribution in [0.1, 0.15) is 35.1 Å². The molecule has 1 heterocycles. The highest BCUT2D eigenvalue weighted by Gasteiger charge is 2.12. The van der Waals surface area contributed by atoms with E-state index in [2.05, 4.69) is 11.9 Å². The molecule has 94 valence electrons. The highest BCUT2D eigenvalue weighted by Crippen LogP contribution is 2.18. The maximum Gasteiger partial charge on any atom is 0.250 e. The van der Waals surface area contributed by atoms with Gasteiger partial charge in [0, 0.05) is 18.8 Å². The Morgan fingerprint density at radius 1 is 1.44 bits per heavy atom. The van der Waals surface area contributed by atoms with Crippen molar-refractivity contribution in [3.05, 3.63) is 47.5 Å². The Morgan fingerprint density at radius 2 is 2.22 bits per heavy atom. The fourth-order valence-electron chi connectivity index (χ4n) is 2.01. The van der Waals surface area contributed by atoms with Crippen LogP contribution in [0.25, 0.3) is 5.69 Å². The van der Waals surface area contributed by atoms with Crippen LogP contribution in [0.2, 0.25) is 0 Å². The predicted molar refractivity (Wildman–Crippen MR) is 70.8 cm³/mol. The van der Waals surface area contributed by atoms with E-state index in [-0.39, 0.29) is 0 Å². The third kappa shape index (κ3) is 2.27. The van der Waals surface area contributed by atoms with E-state index in [1.165, 1.54) is 0 Å². The zero-order valence-electron chi connectivity index (χ0n) is 10.7. The zero-order valence-corrected chi connectivity index (χ0v) is 10.7. The topological polar surface area (TPSA) is 60.9 Å². The standard InChI is InChI=1S/C14H17N3O/c1-3-4-13-16-7-8-17(13)12-9-10(2)5-6-11(12)14(15)18/h5-9H,3-4H2,1-2H3,(H2,15,18). The maximum atomic E-state index is 11.5. The molecular formula is C14H17N3O. The van der Waals surface area contributed by atoms with E-state index in [4.69, 9.17) is 5.73 Å². The van der Waals surface area contributed by atoms with Crippen molar-refractivity contribution in [3.63, 3.8) is 0 Å². The molecule has 0 spiro atoms. The minimum absolute atomic E-state index is 0.416. The number of imidazole rings is 1. The smallest absolute Gasteiger partial charge is 0.250 e. The monoisotopic (exact) mass is 243 g/mol. The number of carbonyl (C=O) groups is 1. The van der Waals surface area contributed by atoms with Gasteiger partial charge < -0.3 is 10.3 Å². The van der Waals surface area contributed by atoms with E-state index in [0.717, 1.165) is 29.9 Å². The summed E-state index contributed by atoms with van der Waals surface area (Å²) in [5, 5.41) is 0. The normalized spacial score (nSPS) is 10.6. The summed E-state index contributed by atoms with van der Waals surface area (Å²) in [7, 11) is 0. The van der Waals surface area contributed by atoms with Crippen LogP contribution in [0.5, 0.6) is 0 Å². The number of benzene rings is 1. The van der Waals surface area contributed by atoms with Crippen molar-refractivity contribution in [2.24, 2.45) is 5.73 Å². The van der Waals surface area contributed by atoms with Gasteiger partial charge in [0.25, 0.3) is 5.91 Å². The molecule has 0 fully saturated rings. The third-order valence-electron chi connectivity index (χ3n) is 2.87. The van der Waals surface area contributed by atoms with E-state index < -0.39 is 5.91 Å². The second kappa shape index (κ2) is 5.04. The number of nitrogens with zero attached hydrogens (tertiary/aromatic N) is 2. The Bertz CT molecular complexity index is 572. The van der Waals surface area contributed by atoms with Crippen LogP contribution in [-0.4, -0.2) is 15.5 Å². The summed E-state index contributed by atoms with van der Waals surface area (Å²) in [5.74, 6) is 0.534. The number of aromatic nitrogens is 2. The third-order valence-corrected chi connectivity index (χ3v) is 2.87. The van der Waals surface area contributed by atoms with Crippen LogP contribution >= 0.6 is 0 Å². The van der Waals surface area contributed by atoms with Crippen LogP contribution in [0, 0.1) is 6.92 Å². The Kier molecular flexibility index (Phi) is 3.46. The van der Waals surface area contributed by atoms with Gasteiger partial charge in [-0.05, 0) is 31.0 Å². The lowest BCUT2D eigenvalue weighted by Crippen LogP contribution is -2.15. The minimum Gasteiger partial charge on any atom is -0.366 e. The summed E-state index contributed by atoms with van der Waals surface area (Å²) < 4.78 is 1.94. The summed E-state index contributed by atoms with van der Waals surface area (Å²) in [6.45, 7) is 4.09. The fourth-order valence-corrected chi connectivity index (χ4v) is 2.01. The first-order valence-corrected chi connectivity index (χ1v) is 6.06. The molecule has 0 aliphatic rings. The minimum atomic E-state index is -0.416. The van der Waals surface area contributed by atoms with Crippen molar-refractivity contribution in [2.75, 3.05) is 0 Å². The van der Waals surface area contributed by atoms with Crippen molar-refractivity contribution >= 4 is 5.91 Å². The first-order valence-electron chi connectivity index (χ1n) is 6.06. The van der Waals surface area contributed by atoms with Gasteiger partial charge in [0.1, 0.15) is 5.82 Å². The van der Waals surface area contributed by atoms with Gasteiger partial charge in [-0.2, -0.15) is 0 Å². The van der Waals surface area contributed by atoms with E-state index in [0.29, 0.717) is 5.56 Å². The first kappa shape index (κ1) is 12.4. The van der Waals surface area contributed by atoms with Gasteiger partial charge >= 0.3 is 0 Å². The molecule has 0 unspecified atom stereocenters. The van der Waals surface area contributed by atoms with Crippen LogP contribution in [0.3, 0.4) is 0 Å². The lowest BCUT2D eigenvalue weighted by molar-refractivity contribution is 0.100. The molecule has 1 aromatic heterocycles. The summed E-state index contributed by atoms with van der Waals surface area (Å²) in [6.07, 6.45) is 5.50. The number of hydrogen-bond acceptors (Lipinski definition) is 2. The van der Waals surface area contributed by atoms with Gasteiger partial charge in [-0.25, -0.2) is 4.98 Å². The molecular weight excluding hydrogens is 226 g/mol. The SMILES string of the molecule is CCCc1nccn1-c1cc(C)ccc1C(N)=O. The summed E-state index contributed by atoms with van der Waals surface area (Å²) >= 11 is 0. The lowest BCUT2D eigenvalue weighted by Gasteiger charge is -2.11. The molecule has 1 amide bonds. The fraction of sp³-hybridized carbons (Fsp3) is 0.286. The van der Waals surface area contributed by atoms with Crippen molar-refractivity contribution in [1.82, 2.24) is 9.55 Å². The van der Waals surface area contributed by atoms with Gasteiger partial charge in [0.05, 0.1) is 11.3 Å². The quantitative estimate of drug-likeness (QED) is 0.895. The predicted octanol–water partition coefficient (Wildman–Crippen LogP) is 2.23. The lowest BCUT2D eigenvalue weighted by atomic mass is 10.1. The Labute approximate surface area is 106 Å². The van der Waals surface area contributed by atoms with Crippen LogP contribution in [-0.2, 0) is 6.42 Å². The molecule has 0 atom stereocenters. The Morgan fingerprint density at radius 3 is 2.89 bits per heavy atom. The highest BCUT2D eigenvalue weighted by atomic mass is 16.1. The number of hydrogen-bond donors (Lipinski definition) is 1. The molecule has 0 aliphatic heterocycles. The molecule has 0 aliphatic carbocycles. The summed E-state index contributed by atoms with van der Waals surface area (Å²) in [6, 6.07) is 5.61. The van der Waals surface area contributed by atoms with Crippen LogP contribution < -0.4 is 5.73 Å². The summed E-state index contributed by atoms with van der Waals surface area (Å²) in [5.41, 5.74) is 7.84. The van der Waals surface area contributed by atoms with Gasteiger partial charge in [-0.15, -0.1) is 0 Å². The molecule has 1 aromatic carbocycles. The molecule has 4 nitrogen and oxygen atoms in total. The molecule has 18 heavy (non-hydrogen) atoms. The van der Waals surface area contributed by atoms with Crippen LogP contribution in [0.4, 0.5) is 0 Å². The van der Waals surface area contributed by atoms with Gasteiger partial charge in [-0.3, -0.25) is 4.79 Å². The molecule has 2 N–H and O–H groups in total. The Hall–Kier alpha value is -2.10. The van der Waals surface area contributed by atoms with Crippen molar-refractivity contribution in [3.8, 4) is 5.69 Å². The molecule has 4 heteroatoms. The maximum absolute atomic E-state index is 11.5. The van der Waals surface area contributed by atoms with E-state index >= 15 is 0 Å². The average Bonchev–Trinajstić information content (AvgIpc) is 2.77. The molecule has 0 bridgehead atoms. The Balaban J connectivity index is 2.58. The number of amides is 1. The number of carbonyl (C=O) groups excluding carboxylic acids is 1. The van der Waals surface area contributed by atoms with Crippen molar-refractivity contribution in [2.45, 2.75) is 26.7 Å². The second-order valence-corrected chi connectivity index (χ2v) is 4.35. The van der Waals surface area contributed by atoms with Gasteiger partial charge in [0.2, 0.25) is 0 Å². The van der Waals surface area contributed by atoms with Crippen LogP contribution in [0.15, 0.2) is 30.6 Å². The van der Waals surface area contributed by atoms with E-state index in [1.807, 2.05) is 29.8 Å². The average molecular weight is 243 g/mol. The molecule has 0 radical (unpaired) electrons. The largest absolute Gasteiger partial charge is 0.366 e. The number of primary amides is 1. The van der Waals surface area contributed by atoms with E-state index in [1.54, 1.807) is 12.3 Å². The van der Waals surface area contributed by atoms with Gasteiger partial charge in [0.15, 0.2) is 0 Å². The summed E-state index contributed by atoms with van der Waals surface area (Å²) in [4.78, 5) is 15.8. The second-order valence-electron chi connectivity index (χ2n) is 4.35. The number of rotatable bonds is 4. The number of nitrogens with two attached hydrogens (primary N) is 1.